The van der Waals surface area contributed by atoms with Crippen LogP contribution in [0.15, 0.2) is 33.5 Å². The summed E-state index contributed by atoms with van der Waals surface area (Å²) in [4.78, 5) is 65.9. The number of rotatable bonds is 8. The number of likely N-dealkylation sites (tertiary alicyclic amines) is 1. The highest BCUT2D eigenvalue weighted by Gasteiger charge is 2.57. The number of carboxylic acid groups (broad SMARTS) is 1. The molecule has 0 bridgehead atoms. The molecule has 5 aliphatic rings. The van der Waals surface area contributed by atoms with E-state index in [-0.39, 0.29) is 40.5 Å². The number of nitrogen functional groups attached to an aromatic ring is 1. The zero-order valence-corrected chi connectivity index (χ0v) is 22.7. The van der Waals surface area contributed by atoms with Crippen molar-refractivity contribution in [2.24, 2.45) is 5.16 Å². The molecular formula is C25H28N6O6S2. The number of oxime groups is 1. The molecule has 3 N–H and O–H groups in total. The number of hydrogen-bond acceptors (Lipinski definition) is 10. The molecule has 2 aliphatic carbocycles. The summed E-state index contributed by atoms with van der Waals surface area (Å²) in [7, 11) is 0. The molecule has 3 amide bonds. The Morgan fingerprint density at radius 1 is 1.23 bits per heavy atom. The van der Waals surface area contributed by atoms with Crippen molar-refractivity contribution in [2.45, 2.75) is 68.5 Å². The minimum atomic E-state index is -1.26. The maximum atomic E-state index is 13.5. The number of carboxylic acids is 1. The van der Waals surface area contributed by atoms with Crippen LogP contribution in [0.2, 0.25) is 0 Å². The molecule has 0 aromatic carbocycles. The molecule has 0 spiro atoms. The van der Waals surface area contributed by atoms with Crippen LogP contribution in [-0.2, 0) is 24.0 Å². The first kappa shape index (κ1) is 25.9. The Morgan fingerprint density at radius 2 is 2.00 bits per heavy atom. The van der Waals surface area contributed by atoms with Gasteiger partial charge in [-0.25, -0.2) is 9.78 Å². The highest BCUT2D eigenvalue weighted by Crippen LogP contribution is 2.44. The molecule has 6 rings (SSSR count). The number of allylic oxidation sites excluding steroid dienone is 1. The average Bonchev–Trinajstić information content (AvgIpc) is 3.25. The number of thioether (sulfide) groups is 1. The SMILES string of the molecule is Nc1nc(N(C(=O)/C=N\OC2CCCC2)[C@@H]2C(=O)N3C(C(=O)O)=C(/C=C4\CCN(C5CC5)C4=O)CS[C@H]23)cs1. The van der Waals surface area contributed by atoms with Gasteiger partial charge in [0, 0.05) is 29.3 Å². The fraction of sp³-hybridized carbons (Fsp3) is 0.520. The number of anilines is 2. The number of aromatic nitrogens is 1. The third-order valence-electron chi connectivity index (χ3n) is 7.61. The molecule has 4 heterocycles. The van der Waals surface area contributed by atoms with Gasteiger partial charge in [0.1, 0.15) is 35.2 Å². The molecule has 2 saturated carbocycles. The van der Waals surface area contributed by atoms with E-state index in [9.17, 15) is 24.3 Å². The van der Waals surface area contributed by atoms with E-state index in [1.54, 1.807) is 11.5 Å². The third-order valence-corrected chi connectivity index (χ3v) is 9.56. The van der Waals surface area contributed by atoms with Gasteiger partial charge in [0.25, 0.3) is 11.8 Å². The van der Waals surface area contributed by atoms with Gasteiger partial charge in [0.2, 0.25) is 5.91 Å². The molecule has 12 nitrogen and oxygen atoms in total. The summed E-state index contributed by atoms with van der Waals surface area (Å²) in [5, 5.41) is 15.1. The van der Waals surface area contributed by atoms with Gasteiger partial charge in [-0.1, -0.05) is 5.16 Å². The lowest BCUT2D eigenvalue weighted by Crippen LogP contribution is -2.71. The van der Waals surface area contributed by atoms with E-state index in [1.165, 1.54) is 21.6 Å². The number of nitrogens with two attached hydrogens (primary N) is 1. The number of amides is 3. The van der Waals surface area contributed by atoms with Gasteiger partial charge in [-0.15, -0.1) is 23.1 Å². The largest absolute Gasteiger partial charge is 0.477 e. The molecule has 0 unspecified atom stereocenters. The summed E-state index contributed by atoms with van der Waals surface area (Å²) in [6, 6.07) is -0.710. The fourth-order valence-corrected chi connectivity index (χ4v) is 7.44. The maximum absolute atomic E-state index is 13.5. The first-order chi connectivity index (χ1) is 18.8. The molecule has 206 valence electrons. The number of aliphatic carboxylic acids is 1. The monoisotopic (exact) mass is 572 g/mol. The van der Waals surface area contributed by atoms with Crippen molar-refractivity contribution < 1.29 is 29.1 Å². The Morgan fingerprint density at radius 3 is 2.67 bits per heavy atom. The lowest BCUT2D eigenvalue weighted by atomic mass is 10.00. The molecular weight excluding hydrogens is 544 g/mol. The van der Waals surface area contributed by atoms with Crippen LogP contribution in [0, 0.1) is 0 Å². The van der Waals surface area contributed by atoms with E-state index in [2.05, 4.69) is 10.1 Å². The molecule has 14 heteroatoms. The van der Waals surface area contributed by atoms with Gasteiger partial charge in [-0.3, -0.25) is 24.2 Å². The molecule has 39 heavy (non-hydrogen) atoms. The summed E-state index contributed by atoms with van der Waals surface area (Å²) < 4.78 is 0. The summed E-state index contributed by atoms with van der Waals surface area (Å²) >= 11 is 2.46. The minimum Gasteiger partial charge on any atom is -0.477 e. The van der Waals surface area contributed by atoms with Crippen molar-refractivity contribution in [1.29, 1.82) is 0 Å². The van der Waals surface area contributed by atoms with Crippen LogP contribution >= 0.6 is 23.1 Å². The second-order valence-electron chi connectivity index (χ2n) is 10.2. The molecule has 1 aromatic rings. The van der Waals surface area contributed by atoms with E-state index in [0.717, 1.165) is 56.1 Å². The fourth-order valence-electron chi connectivity index (χ4n) is 5.55. The van der Waals surface area contributed by atoms with Crippen molar-refractivity contribution in [3.05, 3.63) is 28.3 Å². The van der Waals surface area contributed by atoms with Crippen molar-refractivity contribution in [1.82, 2.24) is 14.8 Å². The molecule has 0 radical (unpaired) electrons. The van der Waals surface area contributed by atoms with Crippen LogP contribution in [0.1, 0.15) is 44.9 Å². The standard InChI is InChI=1S/C25H28N6O6S2/c26-25-28-17(12-39-25)30(18(32)10-27-37-16-3-1-2-4-16)20-22(34)31-19(24(35)36)14(11-38-23(20)31)9-13-7-8-29(21(13)33)15-5-6-15/h9-10,12,15-16,20,23H,1-8,11H2,(H2,26,28)(H,35,36)/b13-9+,27-10-/t20-,23-/m1/s1. The number of hydrogen-bond donors (Lipinski definition) is 2. The van der Waals surface area contributed by atoms with Crippen molar-refractivity contribution in [2.75, 3.05) is 22.9 Å². The number of β-lactam (4-membered cyclic amide) rings is 1. The molecule has 2 atom stereocenters. The zero-order valence-electron chi connectivity index (χ0n) is 21.0. The Bertz CT molecular complexity index is 1310. The normalized spacial score (nSPS) is 26.5. The molecule has 4 fully saturated rings. The summed E-state index contributed by atoms with van der Waals surface area (Å²) in [6.45, 7) is 0.630. The van der Waals surface area contributed by atoms with Crippen molar-refractivity contribution in [3.63, 3.8) is 0 Å². The van der Waals surface area contributed by atoms with E-state index in [4.69, 9.17) is 10.6 Å². The minimum absolute atomic E-state index is 0.0361. The predicted octanol–water partition coefficient (Wildman–Crippen LogP) is 1.95. The molecule has 3 aliphatic heterocycles. The van der Waals surface area contributed by atoms with E-state index in [0.29, 0.717) is 24.1 Å². The Labute approximate surface area is 232 Å². The van der Waals surface area contributed by atoms with Crippen LogP contribution in [0.4, 0.5) is 10.9 Å². The van der Waals surface area contributed by atoms with Gasteiger partial charge < -0.3 is 20.6 Å². The number of carbonyl (C=O) groups is 4. The third kappa shape index (κ3) is 4.80. The average molecular weight is 573 g/mol. The second-order valence-corrected chi connectivity index (χ2v) is 12.2. The Kier molecular flexibility index (Phi) is 6.83. The van der Waals surface area contributed by atoms with Gasteiger partial charge in [-0.2, -0.15) is 0 Å². The number of carbonyl (C=O) groups excluding carboxylic acids is 3. The van der Waals surface area contributed by atoms with E-state index < -0.39 is 29.2 Å². The van der Waals surface area contributed by atoms with Crippen molar-refractivity contribution >= 4 is 64.0 Å². The maximum Gasteiger partial charge on any atom is 0.352 e. The first-order valence-corrected chi connectivity index (χ1v) is 14.9. The Hall–Kier alpha value is -3.39. The number of nitrogens with zero attached hydrogens (tertiary/aromatic N) is 5. The summed E-state index contributed by atoms with van der Waals surface area (Å²) in [5.41, 5.74) is 6.63. The Balaban J connectivity index is 1.25. The van der Waals surface area contributed by atoms with Gasteiger partial charge in [0.15, 0.2) is 5.13 Å². The zero-order chi connectivity index (χ0) is 27.3. The predicted molar refractivity (Wildman–Crippen MR) is 145 cm³/mol. The molecule has 2 saturated heterocycles. The van der Waals surface area contributed by atoms with Gasteiger partial charge in [-0.05, 0) is 56.6 Å². The summed E-state index contributed by atoms with van der Waals surface area (Å²) in [6.07, 6.45) is 9.02. The number of fused-ring (bicyclic) bond motifs is 1. The summed E-state index contributed by atoms with van der Waals surface area (Å²) in [5.74, 6) is -2.02. The van der Waals surface area contributed by atoms with E-state index in [1.807, 2.05) is 4.90 Å². The van der Waals surface area contributed by atoms with E-state index >= 15 is 0 Å². The van der Waals surface area contributed by atoms with Crippen LogP contribution in [0.5, 0.6) is 0 Å². The van der Waals surface area contributed by atoms with Crippen molar-refractivity contribution in [3.8, 4) is 0 Å². The lowest BCUT2D eigenvalue weighted by molar-refractivity contribution is -0.148. The van der Waals surface area contributed by atoms with Gasteiger partial charge in [0.05, 0.1) is 0 Å². The van der Waals surface area contributed by atoms with Crippen LogP contribution in [-0.4, -0.2) is 85.7 Å². The molecule has 1 aromatic heterocycles. The quantitative estimate of drug-likeness (QED) is 0.205. The number of thiazole rings is 1. The van der Waals surface area contributed by atoms with Crippen LogP contribution in [0.25, 0.3) is 0 Å². The topological polar surface area (TPSA) is 159 Å². The van der Waals surface area contributed by atoms with Crippen LogP contribution < -0.4 is 10.6 Å². The van der Waals surface area contributed by atoms with Gasteiger partial charge >= 0.3 is 5.97 Å². The smallest absolute Gasteiger partial charge is 0.352 e. The van der Waals surface area contributed by atoms with Crippen LogP contribution in [0.3, 0.4) is 0 Å². The lowest BCUT2D eigenvalue weighted by Gasteiger charge is -2.51. The highest BCUT2D eigenvalue weighted by molar-refractivity contribution is 8.00. The highest BCUT2D eigenvalue weighted by atomic mass is 32.2. The second kappa shape index (κ2) is 10.3. The first-order valence-electron chi connectivity index (χ1n) is 13.0.